The molecule has 1 aliphatic heterocycles. The quantitative estimate of drug-likeness (QED) is 0.875. The Kier molecular flexibility index (Phi) is 4.90. The van der Waals surface area contributed by atoms with E-state index in [1.807, 2.05) is 0 Å². The van der Waals surface area contributed by atoms with E-state index in [1.165, 1.54) is 6.07 Å². The molecule has 2 aromatic rings. The number of rotatable bonds is 3. The third-order valence-corrected chi connectivity index (χ3v) is 4.42. The molecule has 0 unspecified atom stereocenters. The van der Waals surface area contributed by atoms with Crippen LogP contribution in [0.5, 0.6) is 0 Å². The van der Waals surface area contributed by atoms with Gasteiger partial charge < -0.3 is 15.5 Å². The molecule has 7 heteroatoms. The molecule has 1 aliphatic rings. The summed E-state index contributed by atoms with van der Waals surface area (Å²) in [7, 11) is 0. The number of nitrogens with one attached hydrogen (secondary N) is 2. The predicted molar refractivity (Wildman–Crippen MR) is 95.5 cm³/mol. The number of benzene rings is 2. The molecule has 3 rings (SSSR count). The highest BCUT2D eigenvalue weighted by Crippen LogP contribution is 2.24. The number of carbonyl (C=O) groups excluding carboxylic acids is 2. The first-order chi connectivity index (χ1) is 12.0. The molecule has 0 spiro atoms. The Bertz CT molecular complexity index is 828. The molecule has 25 heavy (non-hydrogen) atoms. The molecule has 0 aromatic heterocycles. The lowest BCUT2D eigenvalue weighted by molar-refractivity contribution is -0.118. The highest BCUT2D eigenvalue weighted by Gasteiger charge is 2.33. The molecule has 1 saturated heterocycles. The molecule has 130 valence electrons. The summed E-state index contributed by atoms with van der Waals surface area (Å²) in [6.45, 7) is 2.10. The number of anilines is 2. The number of urea groups is 1. The number of hydrogen-bond acceptors (Lipinski definition) is 2. The maximum Gasteiger partial charge on any atom is 0.319 e. The maximum atomic E-state index is 13.4. The normalized spacial score (nSPS) is 16.8. The zero-order chi connectivity index (χ0) is 18.0. The molecule has 2 aromatic carbocycles. The molecule has 0 radical (unpaired) electrons. The number of para-hydroxylation sites is 1. The van der Waals surface area contributed by atoms with Gasteiger partial charge in [0.2, 0.25) is 5.91 Å². The monoisotopic (exact) mass is 361 g/mol. The fraction of sp³-hybridized carbons (Fsp3) is 0.222. The third kappa shape index (κ3) is 3.74. The van der Waals surface area contributed by atoms with Gasteiger partial charge in [-0.25, -0.2) is 9.18 Å². The Morgan fingerprint density at radius 1 is 1.28 bits per heavy atom. The van der Waals surface area contributed by atoms with E-state index in [0.717, 1.165) is 0 Å². The Labute approximate surface area is 149 Å². The van der Waals surface area contributed by atoms with Gasteiger partial charge in [0.25, 0.3) is 0 Å². The number of aryl methyl sites for hydroxylation is 1. The van der Waals surface area contributed by atoms with Crippen molar-refractivity contribution in [3.8, 4) is 0 Å². The van der Waals surface area contributed by atoms with E-state index in [9.17, 15) is 14.0 Å². The van der Waals surface area contributed by atoms with Crippen molar-refractivity contribution >= 4 is 34.9 Å². The smallest absolute Gasteiger partial charge is 0.319 e. The average Bonchev–Trinajstić information content (AvgIpc) is 2.93. The first kappa shape index (κ1) is 17.2. The van der Waals surface area contributed by atoms with Crippen LogP contribution >= 0.6 is 11.6 Å². The van der Waals surface area contributed by atoms with E-state index in [0.29, 0.717) is 34.9 Å². The van der Waals surface area contributed by atoms with Crippen LogP contribution in [0.25, 0.3) is 0 Å². The van der Waals surface area contributed by atoms with Crippen molar-refractivity contribution in [2.75, 3.05) is 16.8 Å². The Hall–Kier alpha value is -2.60. The lowest BCUT2D eigenvalue weighted by Crippen LogP contribution is -2.43. The van der Waals surface area contributed by atoms with Gasteiger partial charge >= 0.3 is 6.03 Å². The van der Waals surface area contributed by atoms with Crippen molar-refractivity contribution in [3.63, 3.8) is 0 Å². The summed E-state index contributed by atoms with van der Waals surface area (Å²) in [4.78, 5) is 26.2. The summed E-state index contributed by atoms with van der Waals surface area (Å²) in [5.74, 6) is -0.537. The third-order valence-electron chi connectivity index (χ3n) is 4.09. The molecule has 1 atom stereocenters. The van der Waals surface area contributed by atoms with Gasteiger partial charge in [0.05, 0.1) is 10.7 Å². The molecule has 5 nitrogen and oxygen atoms in total. The minimum Gasteiger partial charge on any atom is -0.326 e. The second kappa shape index (κ2) is 7.11. The van der Waals surface area contributed by atoms with E-state index in [1.54, 1.807) is 48.2 Å². The Balaban J connectivity index is 1.65. The van der Waals surface area contributed by atoms with Crippen molar-refractivity contribution in [2.24, 2.45) is 0 Å². The molecule has 2 N–H and O–H groups in total. The fourth-order valence-electron chi connectivity index (χ4n) is 2.75. The summed E-state index contributed by atoms with van der Waals surface area (Å²) >= 11 is 6.00. The lowest BCUT2D eigenvalue weighted by Gasteiger charge is -2.18. The van der Waals surface area contributed by atoms with Crippen LogP contribution in [0.3, 0.4) is 0 Å². The van der Waals surface area contributed by atoms with E-state index in [-0.39, 0.29) is 11.7 Å². The summed E-state index contributed by atoms with van der Waals surface area (Å²) in [5.41, 5.74) is 1.57. The van der Waals surface area contributed by atoms with Gasteiger partial charge in [-0.2, -0.15) is 0 Å². The van der Waals surface area contributed by atoms with Crippen LogP contribution in [-0.2, 0) is 4.79 Å². The summed E-state index contributed by atoms with van der Waals surface area (Å²) in [6, 6.07) is 10.2. The highest BCUT2D eigenvalue weighted by molar-refractivity contribution is 6.33. The van der Waals surface area contributed by atoms with Crippen molar-refractivity contribution in [1.82, 2.24) is 5.32 Å². The van der Waals surface area contributed by atoms with Gasteiger partial charge in [0.15, 0.2) is 0 Å². The van der Waals surface area contributed by atoms with Crippen molar-refractivity contribution in [3.05, 3.63) is 58.9 Å². The molecule has 3 amide bonds. The van der Waals surface area contributed by atoms with Crippen LogP contribution in [-0.4, -0.2) is 24.5 Å². The van der Waals surface area contributed by atoms with Gasteiger partial charge in [0.1, 0.15) is 11.9 Å². The van der Waals surface area contributed by atoms with E-state index < -0.39 is 12.1 Å². The Morgan fingerprint density at radius 3 is 2.76 bits per heavy atom. The second-order valence-corrected chi connectivity index (χ2v) is 6.25. The predicted octanol–water partition coefficient (Wildman–Crippen LogP) is 3.71. The van der Waals surface area contributed by atoms with Gasteiger partial charge in [-0.15, -0.1) is 0 Å². The zero-order valence-corrected chi connectivity index (χ0v) is 14.3. The molecule has 1 fully saturated rings. The molecule has 0 aliphatic carbocycles. The van der Waals surface area contributed by atoms with Crippen LogP contribution < -0.4 is 15.5 Å². The zero-order valence-electron chi connectivity index (χ0n) is 13.6. The maximum absolute atomic E-state index is 13.4. The second-order valence-electron chi connectivity index (χ2n) is 5.84. The summed E-state index contributed by atoms with van der Waals surface area (Å²) in [5, 5.41) is 5.70. The van der Waals surface area contributed by atoms with Crippen molar-refractivity contribution < 1.29 is 14.0 Å². The van der Waals surface area contributed by atoms with Crippen LogP contribution in [0.1, 0.15) is 12.0 Å². The van der Waals surface area contributed by atoms with Gasteiger partial charge in [-0.1, -0.05) is 23.7 Å². The van der Waals surface area contributed by atoms with Crippen molar-refractivity contribution in [2.45, 2.75) is 19.4 Å². The molecular formula is C18H17ClFN3O2. The van der Waals surface area contributed by atoms with Gasteiger partial charge in [0, 0.05) is 12.2 Å². The Morgan fingerprint density at radius 2 is 2.04 bits per heavy atom. The first-order valence-electron chi connectivity index (χ1n) is 7.85. The van der Waals surface area contributed by atoms with Crippen LogP contribution in [0.15, 0.2) is 42.5 Å². The molecule has 0 bridgehead atoms. The topological polar surface area (TPSA) is 61.4 Å². The van der Waals surface area contributed by atoms with E-state index >= 15 is 0 Å². The van der Waals surface area contributed by atoms with Crippen LogP contribution in [0.2, 0.25) is 5.02 Å². The SMILES string of the molecule is Cc1cc(N2CC[C@@H](NC(=O)Nc3ccccc3Cl)C2=O)ccc1F. The lowest BCUT2D eigenvalue weighted by atomic mass is 10.2. The fourth-order valence-corrected chi connectivity index (χ4v) is 2.93. The van der Waals surface area contributed by atoms with E-state index in [2.05, 4.69) is 10.6 Å². The van der Waals surface area contributed by atoms with Gasteiger partial charge in [-0.05, 0) is 49.2 Å². The number of hydrogen-bond donors (Lipinski definition) is 2. The number of amides is 3. The highest BCUT2D eigenvalue weighted by atomic mass is 35.5. The van der Waals surface area contributed by atoms with Crippen LogP contribution in [0, 0.1) is 12.7 Å². The number of carbonyl (C=O) groups is 2. The summed E-state index contributed by atoms with van der Waals surface area (Å²) < 4.78 is 13.4. The average molecular weight is 362 g/mol. The van der Waals surface area contributed by atoms with Crippen molar-refractivity contribution in [1.29, 1.82) is 0 Å². The van der Waals surface area contributed by atoms with Gasteiger partial charge in [-0.3, -0.25) is 4.79 Å². The van der Waals surface area contributed by atoms with E-state index in [4.69, 9.17) is 11.6 Å². The minimum atomic E-state index is -0.632. The molecule has 0 saturated carbocycles. The minimum absolute atomic E-state index is 0.222. The number of nitrogens with zero attached hydrogens (tertiary/aromatic N) is 1. The number of halogens is 2. The standard InChI is InChI=1S/C18H17ClFN3O2/c1-11-10-12(6-7-14(11)20)23-9-8-16(17(23)24)22-18(25)21-15-5-3-2-4-13(15)19/h2-7,10,16H,8-9H2,1H3,(H2,21,22,25)/t16-/m1/s1. The van der Waals surface area contributed by atoms with Crippen LogP contribution in [0.4, 0.5) is 20.6 Å². The molecular weight excluding hydrogens is 345 g/mol. The molecule has 1 heterocycles. The largest absolute Gasteiger partial charge is 0.326 e. The first-order valence-corrected chi connectivity index (χ1v) is 8.23. The summed E-state index contributed by atoms with van der Waals surface area (Å²) in [6.07, 6.45) is 0.477.